The number of aromatic nitrogens is 1. The fraction of sp³-hybridized carbons (Fsp3) is 0.476. The molecule has 1 unspecified atom stereocenters. The molecule has 2 heterocycles. The lowest BCUT2D eigenvalue weighted by atomic mass is 10.0. The first-order chi connectivity index (χ1) is 14.1. The molecule has 1 aliphatic heterocycles. The van der Waals surface area contributed by atoms with E-state index in [0.717, 1.165) is 0 Å². The van der Waals surface area contributed by atoms with Gasteiger partial charge in [-0.15, -0.1) is 0 Å². The highest BCUT2D eigenvalue weighted by molar-refractivity contribution is 5.90. The number of hydrogen-bond acceptors (Lipinski definition) is 5. The topological polar surface area (TPSA) is 112 Å². The predicted octanol–water partition coefficient (Wildman–Crippen LogP) is 2.40. The van der Waals surface area contributed by atoms with Crippen LogP contribution in [0.4, 0.5) is 4.79 Å². The first-order valence-electron chi connectivity index (χ1n) is 9.81. The van der Waals surface area contributed by atoms with Crippen molar-refractivity contribution in [1.29, 1.82) is 0 Å². The van der Waals surface area contributed by atoms with Crippen LogP contribution in [0.5, 0.6) is 0 Å². The van der Waals surface area contributed by atoms with Crippen molar-refractivity contribution in [3.05, 3.63) is 36.0 Å². The minimum Gasteiger partial charge on any atom is -0.480 e. The maximum absolute atomic E-state index is 12.3. The van der Waals surface area contributed by atoms with Crippen LogP contribution in [-0.4, -0.2) is 74.4 Å². The molecule has 1 amide bonds. The van der Waals surface area contributed by atoms with Crippen LogP contribution >= 0.6 is 0 Å². The highest BCUT2D eigenvalue weighted by Gasteiger charge is 2.34. The van der Waals surface area contributed by atoms with Crippen LogP contribution in [0.15, 0.2) is 30.5 Å². The van der Waals surface area contributed by atoms with Gasteiger partial charge in [0.25, 0.3) is 0 Å². The van der Waals surface area contributed by atoms with Crippen LogP contribution in [0.1, 0.15) is 32.4 Å². The minimum atomic E-state index is -1.01. The quantitative estimate of drug-likeness (QED) is 0.768. The monoisotopic (exact) mass is 417 g/mol. The van der Waals surface area contributed by atoms with Gasteiger partial charge in [-0.2, -0.15) is 0 Å². The molecule has 1 atom stereocenters. The number of fused-ring (bicyclic) bond motifs is 1. The van der Waals surface area contributed by atoms with Crippen LogP contribution in [0.2, 0.25) is 0 Å². The summed E-state index contributed by atoms with van der Waals surface area (Å²) in [6.45, 7) is 6.60. The molecule has 2 N–H and O–H groups in total. The third kappa shape index (κ3) is 4.73. The van der Waals surface area contributed by atoms with Crippen molar-refractivity contribution in [3.8, 4) is 0 Å². The number of piperazine rings is 1. The molecular weight excluding hydrogens is 390 g/mol. The zero-order valence-electron chi connectivity index (χ0n) is 17.4. The van der Waals surface area contributed by atoms with E-state index < -0.39 is 29.7 Å². The number of hydrogen-bond donors (Lipinski definition) is 2. The third-order valence-corrected chi connectivity index (χ3v) is 4.98. The minimum absolute atomic E-state index is 0.251. The Labute approximate surface area is 174 Å². The van der Waals surface area contributed by atoms with E-state index in [4.69, 9.17) is 4.74 Å². The van der Waals surface area contributed by atoms with E-state index in [1.54, 1.807) is 65.6 Å². The van der Waals surface area contributed by atoms with Crippen molar-refractivity contribution >= 4 is 28.9 Å². The number of carboxylic acid groups (broad SMARTS) is 2. The fourth-order valence-corrected chi connectivity index (χ4v) is 3.74. The van der Waals surface area contributed by atoms with Gasteiger partial charge in [-0.25, -0.2) is 4.79 Å². The Balaban J connectivity index is 1.84. The molecule has 9 heteroatoms. The van der Waals surface area contributed by atoms with E-state index in [0.29, 0.717) is 42.6 Å². The summed E-state index contributed by atoms with van der Waals surface area (Å²) in [6, 6.07) is 6.23. The smallest absolute Gasteiger partial charge is 0.410 e. The van der Waals surface area contributed by atoms with Gasteiger partial charge in [-0.05, 0) is 26.8 Å². The van der Waals surface area contributed by atoms with E-state index in [-0.39, 0.29) is 6.54 Å². The van der Waals surface area contributed by atoms with Gasteiger partial charge in [0.1, 0.15) is 18.2 Å². The normalized spacial score (nSPS) is 16.4. The average Bonchev–Trinajstić information content (AvgIpc) is 2.98. The molecule has 9 nitrogen and oxygen atoms in total. The number of nitrogens with zero attached hydrogens (tertiary/aromatic N) is 3. The maximum Gasteiger partial charge on any atom is 0.410 e. The van der Waals surface area contributed by atoms with Crippen LogP contribution in [0.3, 0.4) is 0 Å². The van der Waals surface area contributed by atoms with Gasteiger partial charge in [0, 0.05) is 48.8 Å². The lowest BCUT2D eigenvalue weighted by molar-refractivity contribution is -0.144. The van der Waals surface area contributed by atoms with Gasteiger partial charge in [0.05, 0.1) is 0 Å². The number of carbonyl (C=O) groups excluding carboxylic acids is 1. The van der Waals surface area contributed by atoms with Crippen molar-refractivity contribution in [2.24, 2.45) is 0 Å². The van der Waals surface area contributed by atoms with Gasteiger partial charge in [-0.1, -0.05) is 18.2 Å². The predicted molar refractivity (Wildman–Crippen MR) is 109 cm³/mol. The van der Waals surface area contributed by atoms with E-state index in [1.165, 1.54) is 0 Å². The summed E-state index contributed by atoms with van der Waals surface area (Å²) < 4.78 is 6.95. The number of amides is 1. The molecule has 3 rings (SSSR count). The lowest BCUT2D eigenvalue weighted by Crippen LogP contribution is -2.51. The second-order valence-electron chi connectivity index (χ2n) is 8.37. The van der Waals surface area contributed by atoms with Crippen molar-refractivity contribution < 1.29 is 29.3 Å². The second kappa shape index (κ2) is 8.35. The van der Waals surface area contributed by atoms with Crippen molar-refractivity contribution in [1.82, 2.24) is 14.4 Å². The molecule has 1 fully saturated rings. The first kappa shape index (κ1) is 21.6. The molecule has 0 spiro atoms. The Hall–Kier alpha value is -3.07. The van der Waals surface area contributed by atoms with Crippen LogP contribution < -0.4 is 0 Å². The number of ether oxygens (including phenoxy) is 1. The molecule has 1 aromatic carbocycles. The van der Waals surface area contributed by atoms with Crippen molar-refractivity contribution in [2.45, 2.75) is 39.0 Å². The van der Waals surface area contributed by atoms with Crippen LogP contribution in [0.25, 0.3) is 10.9 Å². The van der Waals surface area contributed by atoms with Gasteiger partial charge in [-0.3, -0.25) is 14.5 Å². The molecule has 0 radical (unpaired) electrons. The Kier molecular flexibility index (Phi) is 6.02. The first-order valence-corrected chi connectivity index (χ1v) is 9.81. The largest absolute Gasteiger partial charge is 0.480 e. The number of rotatable bonds is 5. The summed E-state index contributed by atoms with van der Waals surface area (Å²) in [5, 5.41) is 19.9. The molecule has 30 heavy (non-hydrogen) atoms. The Bertz CT molecular complexity index is 953. The summed E-state index contributed by atoms with van der Waals surface area (Å²) >= 11 is 0. The highest BCUT2D eigenvalue weighted by Crippen LogP contribution is 2.31. The van der Waals surface area contributed by atoms with E-state index >= 15 is 0 Å². The summed E-state index contributed by atoms with van der Waals surface area (Å²) in [7, 11) is 0. The standard InChI is InChI=1S/C21H27N3O6/c1-21(2,3)30-20(29)23-10-8-22(9-11-23)18(19(27)28)15-12-24(13-17(25)26)16-7-5-4-6-14(15)16/h4-7,12,18H,8-11,13H2,1-3H3,(H,25,26)(H,27,28). The van der Waals surface area contributed by atoms with E-state index in [9.17, 15) is 24.6 Å². The number of benzene rings is 1. The Morgan fingerprint density at radius 3 is 2.27 bits per heavy atom. The molecule has 0 aliphatic carbocycles. The van der Waals surface area contributed by atoms with Crippen LogP contribution in [0, 0.1) is 0 Å². The number of carboxylic acids is 2. The van der Waals surface area contributed by atoms with Crippen molar-refractivity contribution in [3.63, 3.8) is 0 Å². The summed E-state index contributed by atoms with van der Waals surface area (Å²) in [6.07, 6.45) is 1.20. The van der Waals surface area contributed by atoms with Crippen molar-refractivity contribution in [2.75, 3.05) is 26.2 Å². The van der Waals surface area contributed by atoms with Crippen LogP contribution in [-0.2, 0) is 20.9 Å². The van der Waals surface area contributed by atoms with Gasteiger partial charge >= 0.3 is 18.0 Å². The maximum atomic E-state index is 12.3. The van der Waals surface area contributed by atoms with E-state index in [2.05, 4.69) is 0 Å². The molecule has 2 aromatic rings. The zero-order chi connectivity index (χ0) is 22.1. The Morgan fingerprint density at radius 2 is 1.70 bits per heavy atom. The highest BCUT2D eigenvalue weighted by atomic mass is 16.6. The molecule has 1 aliphatic rings. The third-order valence-electron chi connectivity index (χ3n) is 4.98. The van der Waals surface area contributed by atoms with Gasteiger partial charge < -0.3 is 24.4 Å². The number of carbonyl (C=O) groups is 3. The summed E-state index contributed by atoms with van der Waals surface area (Å²) in [5.74, 6) is -2.01. The fourth-order valence-electron chi connectivity index (χ4n) is 3.74. The molecule has 0 saturated carbocycles. The molecule has 1 saturated heterocycles. The summed E-state index contributed by atoms with van der Waals surface area (Å²) in [5.41, 5.74) is 0.627. The zero-order valence-corrected chi connectivity index (χ0v) is 17.4. The molecular formula is C21H27N3O6. The second-order valence-corrected chi connectivity index (χ2v) is 8.37. The number of para-hydroxylation sites is 1. The van der Waals surface area contributed by atoms with Gasteiger partial charge in [0.15, 0.2) is 0 Å². The van der Waals surface area contributed by atoms with E-state index in [1.807, 2.05) is 0 Å². The lowest BCUT2D eigenvalue weighted by Gasteiger charge is -2.38. The molecule has 1 aromatic heterocycles. The molecule has 0 bridgehead atoms. The molecule has 162 valence electrons. The van der Waals surface area contributed by atoms with Gasteiger partial charge in [0.2, 0.25) is 0 Å². The number of aliphatic carboxylic acids is 2. The Morgan fingerprint density at radius 1 is 1.07 bits per heavy atom. The SMILES string of the molecule is CC(C)(C)OC(=O)N1CCN(C(C(=O)O)c2cn(CC(=O)O)c3ccccc23)CC1. The average molecular weight is 417 g/mol. The summed E-state index contributed by atoms with van der Waals surface area (Å²) in [4.78, 5) is 39.1.